The van der Waals surface area contributed by atoms with Crippen molar-refractivity contribution in [3.05, 3.63) is 18.6 Å². The normalized spacial score (nSPS) is 36.9. The molecule has 0 radical (unpaired) electrons. The number of nitrogen functional groups attached to an aromatic ring is 1. The fourth-order valence-corrected chi connectivity index (χ4v) is 8.93. The third kappa shape index (κ3) is 9.17. The SMILES string of the molecule is CC[C@H]1OC(=O)[C@@](C)(F)C(=O)[C@H](C)[C@@H](O[C@@H]2OC(C)CC(N(C)C)C2O)[C@](C)(OC)C[C@@H](C)C(=O)[C@H](C)[C@H]2N(CC#CCn3cc(-c4cc(N)ncn4)nn3)C(=O)O[C@]12C. The number of esters is 1. The highest BCUT2D eigenvalue weighted by Crippen LogP contribution is 2.43. The van der Waals surface area contributed by atoms with Crippen LogP contribution >= 0.6 is 0 Å². The summed E-state index contributed by atoms with van der Waals surface area (Å²) < 4.78 is 48.7. The predicted octanol–water partition coefficient (Wildman–Crippen LogP) is 2.62. The number of aromatic nitrogens is 5. The summed E-state index contributed by atoms with van der Waals surface area (Å²) in [7, 11) is 5.00. The first-order chi connectivity index (χ1) is 28.1. The van der Waals surface area contributed by atoms with Crippen molar-refractivity contribution in [1.82, 2.24) is 34.8 Å². The summed E-state index contributed by atoms with van der Waals surface area (Å²) in [5.74, 6) is 0.0735. The van der Waals surface area contributed by atoms with Gasteiger partial charge in [0.25, 0.3) is 5.67 Å². The molecule has 3 saturated heterocycles. The van der Waals surface area contributed by atoms with Crippen LogP contribution in [0, 0.1) is 29.6 Å². The number of methoxy groups -OCH3 is 1. The molecule has 60 heavy (non-hydrogen) atoms. The summed E-state index contributed by atoms with van der Waals surface area (Å²) in [6, 6.07) is 0.113. The molecule has 5 rings (SSSR count). The zero-order chi connectivity index (χ0) is 44.5. The Morgan fingerprint density at radius 3 is 2.37 bits per heavy atom. The van der Waals surface area contributed by atoms with Crippen LogP contribution in [-0.2, 0) is 44.6 Å². The van der Waals surface area contributed by atoms with Crippen LogP contribution in [0.15, 0.2) is 18.6 Å². The molecule has 3 aliphatic rings. The number of rotatable bonds is 8. The molecule has 3 aliphatic heterocycles. The van der Waals surface area contributed by atoms with Crippen LogP contribution in [0.2, 0.25) is 0 Å². The lowest BCUT2D eigenvalue weighted by Gasteiger charge is -2.47. The molecule has 3 unspecified atom stereocenters. The van der Waals surface area contributed by atoms with Crippen LogP contribution in [0.1, 0.15) is 74.7 Å². The number of ketones is 2. The standard InChI is InChI=1S/C41H59FN8O10/c1-12-29-41(8)33(50(38(55)60-41)16-14-13-15-49-20-27(46-47-49)26-18-30(43)45-21-44-26)24(4)31(51)22(2)19-39(6,56-11)35(25(5)34(53)40(7,42)37(54)58-29)59-36-32(52)28(48(9)10)17-23(3)57-36/h18,20-25,28-29,32-33,35-36,52H,12,15-17,19H2,1-11H3,(H2,43,44,45)/t22-,23?,24+,25+,28?,29-,32?,33-,35-,36+,39-,40+,41-/m1/s1. The second-order valence-electron chi connectivity index (χ2n) is 17.0. The molecule has 1 amide bonds. The highest BCUT2D eigenvalue weighted by molar-refractivity contribution is 6.08. The number of hydrogen-bond donors (Lipinski definition) is 2. The number of likely N-dealkylation sites (N-methyl/N-ethyl adjacent to an activating group) is 1. The smallest absolute Gasteiger partial charge is 0.411 e. The van der Waals surface area contributed by atoms with Crippen molar-refractivity contribution in [3.8, 4) is 23.2 Å². The summed E-state index contributed by atoms with van der Waals surface area (Å²) >= 11 is 0. The lowest BCUT2D eigenvalue weighted by Crippen LogP contribution is -2.61. The number of carbonyl (C=O) groups is 4. The summed E-state index contributed by atoms with van der Waals surface area (Å²) in [6.45, 7) is 12.1. The van der Waals surface area contributed by atoms with E-state index in [1.165, 1.54) is 36.9 Å². The third-order valence-corrected chi connectivity index (χ3v) is 12.3. The molecule has 13 atom stereocenters. The molecule has 0 bridgehead atoms. The number of amides is 1. The average Bonchev–Trinajstić information content (AvgIpc) is 3.78. The van der Waals surface area contributed by atoms with E-state index in [0.717, 1.165) is 6.92 Å². The van der Waals surface area contributed by atoms with E-state index < -0.39 is 83.1 Å². The number of nitrogens with two attached hydrogens (primary N) is 1. The summed E-state index contributed by atoms with van der Waals surface area (Å²) in [4.78, 5) is 67.7. The van der Waals surface area contributed by atoms with Crippen molar-refractivity contribution in [1.29, 1.82) is 0 Å². The fourth-order valence-electron chi connectivity index (χ4n) is 8.93. The van der Waals surface area contributed by atoms with Gasteiger partial charge in [-0.05, 0) is 61.1 Å². The van der Waals surface area contributed by atoms with Crippen LogP contribution in [0.3, 0.4) is 0 Å². The van der Waals surface area contributed by atoms with Gasteiger partial charge in [0.2, 0.25) is 0 Å². The highest BCUT2D eigenvalue weighted by atomic mass is 19.1. The Morgan fingerprint density at radius 1 is 1.05 bits per heavy atom. The van der Waals surface area contributed by atoms with Gasteiger partial charge in [0.05, 0.1) is 42.3 Å². The van der Waals surface area contributed by atoms with E-state index in [2.05, 4.69) is 32.1 Å². The number of hydrogen-bond acceptors (Lipinski definition) is 16. The van der Waals surface area contributed by atoms with Gasteiger partial charge in [-0.2, -0.15) is 0 Å². The topological polar surface area (TPSA) is 224 Å². The van der Waals surface area contributed by atoms with E-state index in [0.29, 0.717) is 17.8 Å². The maximum absolute atomic E-state index is 16.9. The first-order valence-electron chi connectivity index (χ1n) is 20.2. The van der Waals surface area contributed by atoms with Crippen molar-refractivity contribution in [3.63, 3.8) is 0 Å². The molecular weight excluding hydrogens is 783 g/mol. The number of fused-ring (bicyclic) bond motifs is 1. The maximum atomic E-state index is 16.9. The molecular formula is C41H59FN8O10. The minimum absolute atomic E-state index is 0.0318. The number of nitrogens with zero attached hydrogens (tertiary/aromatic N) is 7. The van der Waals surface area contributed by atoms with E-state index >= 15 is 4.39 Å². The molecule has 18 nitrogen and oxygen atoms in total. The van der Waals surface area contributed by atoms with Crippen molar-refractivity contribution in [2.75, 3.05) is 33.5 Å². The van der Waals surface area contributed by atoms with Gasteiger partial charge in [-0.1, -0.05) is 44.7 Å². The first kappa shape index (κ1) is 46.5. The van der Waals surface area contributed by atoms with E-state index in [4.69, 9.17) is 29.4 Å². The summed E-state index contributed by atoms with van der Waals surface area (Å²) in [5.41, 5.74) is 0.295. The Kier molecular flexibility index (Phi) is 14.1. The van der Waals surface area contributed by atoms with Gasteiger partial charge in [-0.25, -0.2) is 28.6 Å². The van der Waals surface area contributed by atoms with Crippen LogP contribution < -0.4 is 5.73 Å². The Labute approximate surface area is 350 Å². The van der Waals surface area contributed by atoms with E-state index in [1.807, 2.05) is 25.9 Å². The zero-order valence-electron chi connectivity index (χ0n) is 36.2. The molecule has 0 aromatic carbocycles. The van der Waals surface area contributed by atoms with Gasteiger partial charge >= 0.3 is 12.1 Å². The average molecular weight is 843 g/mol. The molecule has 330 valence electrons. The maximum Gasteiger partial charge on any atom is 0.411 e. The van der Waals surface area contributed by atoms with E-state index in [1.54, 1.807) is 40.0 Å². The van der Waals surface area contributed by atoms with Crippen LogP contribution in [0.4, 0.5) is 15.0 Å². The summed E-state index contributed by atoms with van der Waals surface area (Å²) in [6.07, 6.45) is -2.86. The van der Waals surface area contributed by atoms with Crippen molar-refractivity contribution in [2.24, 2.45) is 17.8 Å². The van der Waals surface area contributed by atoms with E-state index in [9.17, 15) is 24.3 Å². The number of cyclic esters (lactones) is 1. The number of ether oxygens (including phenoxy) is 5. The Morgan fingerprint density at radius 2 is 1.73 bits per heavy atom. The molecule has 0 spiro atoms. The zero-order valence-corrected chi connectivity index (χ0v) is 36.2. The number of carbonyl (C=O) groups excluding carboxylic acids is 4. The largest absolute Gasteiger partial charge is 0.455 e. The molecule has 2 aromatic heterocycles. The number of anilines is 1. The van der Waals surface area contributed by atoms with Crippen LogP contribution in [-0.4, -0.2) is 151 Å². The Balaban J connectivity index is 1.49. The second kappa shape index (κ2) is 18.2. The predicted molar refractivity (Wildman–Crippen MR) is 213 cm³/mol. The minimum Gasteiger partial charge on any atom is -0.455 e. The fraction of sp³-hybridized carbons (Fsp3) is 0.707. The molecule has 0 saturated carbocycles. The number of aliphatic hydroxyl groups excluding tert-OH is 1. The molecule has 19 heteroatoms. The number of Topliss-reactive ketones (excluding diaryl/α,β-unsaturated/α-hetero) is 2. The van der Waals surface area contributed by atoms with Gasteiger partial charge in [-0.3, -0.25) is 14.5 Å². The highest BCUT2D eigenvalue weighted by Gasteiger charge is 2.61. The van der Waals surface area contributed by atoms with Crippen molar-refractivity contribution >= 4 is 29.4 Å². The number of alkyl halides is 1. The minimum atomic E-state index is -3.22. The van der Waals surface area contributed by atoms with Gasteiger partial charge in [0, 0.05) is 37.0 Å². The molecule has 3 fully saturated rings. The molecule has 5 heterocycles. The number of aliphatic hydroxyl groups is 1. The van der Waals surface area contributed by atoms with Gasteiger partial charge in [-0.15, -0.1) is 5.10 Å². The lowest BCUT2D eigenvalue weighted by atomic mass is 9.73. The monoisotopic (exact) mass is 842 g/mol. The Hall–Kier alpha value is -4.61. The molecule has 3 N–H and O–H groups in total. The third-order valence-electron chi connectivity index (χ3n) is 12.3. The summed E-state index contributed by atoms with van der Waals surface area (Å²) in [5, 5.41) is 19.6. The van der Waals surface area contributed by atoms with Gasteiger partial charge in [0.1, 0.15) is 42.4 Å². The molecule has 0 aliphatic carbocycles. The van der Waals surface area contributed by atoms with Crippen molar-refractivity contribution < 1.29 is 52.4 Å². The van der Waals surface area contributed by atoms with Gasteiger partial charge < -0.3 is 39.4 Å². The Bertz CT molecular complexity index is 1970. The number of halogens is 1. The lowest BCUT2D eigenvalue weighted by molar-refractivity contribution is -0.295. The quantitative estimate of drug-likeness (QED) is 0.221. The van der Waals surface area contributed by atoms with Crippen LogP contribution in [0.25, 0.3) is 11.4 Å². The first-order valence-corrected chi connectivity index (χ1v) is 20.2. The van der Waals surface area contributed by atoms with Crippen LogP contribution in [0.5, 0.6) is 0 Å². The van der Waals surface area contributed by atoms with Crippen molar-refractivity contribution in [2.45, 2.75) is 141 Å². The molecule has 2 aromatic rings. The van der Waals surface area contributed by atoms with Gasteiger partial charge in [0.15, 0.2) is 17.7 Å². The second-order valence-corrected chi connectivity index (χ2v) is 17.0. The van der Waals surface area contributed by atoms with E-state index in [-0.39, 0.29) is 49.7 Å².